The molecule has 5 aromatic rings. The van der Waals surface area contributed by atoms with Gasteiger partial charge in [0.05, 0.1) is 19.2 Å². The normalized spacial score (nSPS) is 14.6. The Morgan fingerprint density at radius 1 is 0.909 bits per heavy atom. The molecule has 224 valence electrons. The largest absolute Gasteiger partial charge is 0.467 e. The van der Waals surface area contributed by atoms with Crippen molar-refractivity contribution in [3.05, 3.63) is 135 Å². The fraction of sp³-hybridized carbons (Fsp3) is 0.222. The minimum Gasteiger partial charge on any atom is -0.467 e. The van der Waals surface area contributed by atoms with Crippen molar-refractivity contribution < 1.29 is 22.7 Å². The second-order valence-electron chi connectivity index (χ2n) is 11.0. The number of fused-ring (bicyclic) bond motifs is 2. The first kappa shape index (κ1) is 29.2. The van der Waals surface area contributed by atoms with Crippen molar-refractivity contribution in [3.8, 4) is 11.1 Å². The summed E-state index contributed by atoms with van der Waals surface area (Å²) in [5.74, 6) is -0.163. The Bertz CT molecular complexity index is 1910. The Balaban J connectivity index is 1.69. The summed E-state index contributed by atoms with van der Waals surface area (Å²) in [7, 11) is 1.27. The molecule has 1 aliphatic heterocycles. The van der Waals surface area contributed by atoms with Gasteiger partial charge in [0.15, 0.2) is 6.04 Å². The number of nitrogens with zero attached hydrogens (tertiary/aromatic N) is 2. The standard InChI is InChI=1S/C36H31F3N2O3/c1-3-28-30(20-25-15-9-14-24-13-7-8-18-29(24)25)32(26-16-10-17-27(19-26)36(37,38)39)33-40(21-23-11-5-4-6-12-23)22-31(35(43)44-2)41(33)34(28)42/h4-19,31H,3,20-22H2,1-2H3. The molecule has 5 nitrogen and oxygen atoms in total. The summed E-state index contributed by atoms with van der Waals surface area (Å²) in [5, 5.41) is 2.03. The molecule has 0 saturated carbocycles. The smallest absolute Gasteiger partial charge is 0.416 e. The fourth-order valence-electron chi connectivity index (χ4n) is 6.36. The van der Waals surface area contributed by atoms with Crippen LogP contribution in [-0.2, 0) is 35.1 Å². The SMILES string of the molecule is CCc1c(Cc2cccc3ccccc23)c(-c2cccc(C(F)(F)F)c2)c2n(c1=O)C(C(=O)OC)CN2Cc1ccccc1. The van der Waals surface area contributed by atoms with E-state index in [1.54, 1.807) is 6.07 Å². The molecule has 0 amide bonds. The van der Waals surface area contributed by atoms with Gasteiger partial charge in [-0.1, -0.05) is 91.9 Å². The van der Waals surface area contributed by atoms with E-state index in [1.807, 2.05) is 84.6 Å². The molecular formula is C36H31F3N2O3. The number of pyridine rings is 1. The molecule has 6 rings (SSSR count). The molecule has 0 radical (unpaired) electrons. The zero-order valence-electron chi connectivity index (χ0n) is 24.4. The monoisotopic (exact) mass is 596 g/mol. The van der Waals surface area contributed by atoms with Crippen molar-refractivity contribution in [1.29, 1.82) is 0 Å². The molecule has 1 aromatic heterocycles. The van der Waals surface area contributed by atoms with Gasteiger partial charge in [0.1, 0.15) is 5.82 Å². The van der Waals surface area contributed by atoms with Gasteiger partial charge in [0.2, 0.25) is 0 Å². The second-order valence-corrected chi connectivity index (χ2v) is 11.0. The molecule has 2 heterocycles. The van der Waals surface area contributed by atoms with Crippen molar-refractivity contribution >= 4 is 22.6 Å². The molecule has 1 atom stereocenters. The number of ether oxygens (including phenoxy) is 1. The Labute approximate surface area is 253 Å². The molecule has 0 saturated heterocycles. The summed E-state index contributed by atoms with van der Waals surface area (Å²) >= 11 is 0. The van der Waals surface area contributed by atoms with E-state index < -0.39 is 23.8 Å². The number of esters is 1. The van der Waals surface area contributed by atoms with Crippen LogP contribution in [0.5, 0.6) is 0 Å². The Morgan fingerprint density at radius 3 is 2.34 bits per heavy atom. The van der Waals surface area contributed by atoms with Crippen LogP contribution >= 0.6 is 0 Å². The summed E-state index contributed by atoms with van der Waals surface area (Å²) in [5.41, 5.74) is 2.73. The van der Waals surface area contributed by atoms with E-state index in [2.05, 4.69) is 0 Å². The van der Waals surface area contributed by atoms with Gasteiger partial charge < -0.3 is 9.64 Å². The van der Waals surface area contributed by atoms with Crippen LogP contribution in [0.1, 0.15) is 40.8 Å². The second kappa shape index (κ2) is 11.7. The number of carbonyl (C=O) groups excluding carboxylic acids is 1. The zero-order chi connectivity index (χ0) is 31.0. The number of methoxy groups -OCH3 is 1. The van der Waals surface area contributed by atoms with Crippen LogP contribution in [0.25, 0.3) is 21.9 Å². The average molecular weight is 597 g/mol. The van der Waals surface area contributed by atoms with Gasteiger partial charge in [-0.05, 0) is 58.0 Å². The number of alkyl halides is 3. The predicted octanol–water partition coefficient (Wildman–Crippen LogP) is 7.57. The summed E-state index contributed by atoms with van der Waals surface area (Å²) in [6.07, 6.45) is -3.91. The van der Waals surface area contributed by atoms with Crippen LogP contribution in [0, 0.1) is 0 Å². The van der Waals surface area contributed by atoms with E-state index in [0.29, 0.717) is 47.5 Å². The summed E-state index contributed by atoms with van der Waals surface area (Å²) in [6, 6.07) is 27.7. The first-order valence-electron chi connectivity index (χ1n) is 14.5. The molecule has 0 bridgehead atoms. The number of aromatic nitrogens is 1. The van der Waals surface area contributed by atoms with E-state index in [4.69, 9.17) is 4.74 Å². The molecule has 0 aliphatic carbocycles. The van der Waals surface area contributed by atoms with Crippen molar-refractivity contribution in [1.82, 2.24) is 4.57 Å². The highest BCUT2D eigenvalue weighted by Crippen LogP contribution is 2.44. The van der Waals surface area contributed by atoms with Crippen LogP contribution in [0.2, 0.25) is 0 Å². The molecule has 4 aromatic carbocycles. The maximum Gasteiger partial charge on any atom is 0.416 e. The third-order valence-electron chi connectivity index (χ3n) is 8.37. The number of hydrogen-bond acceptors (Lipinski definition) is 4. The number of hydrogen-bond donors (Lipinski definition) is 0. The summed E-state index contributed by atoms with van der Waals surface area (Å²) in [6.45, 7) is 2.35. The quantitative estimate of drug-likeness (QED) is 0.182. The van der Waals surface area contributed by atoms with Gasteiger partial charge in [0, 0.05) is 17.7 Å². The van der Waals surface area contributed by atoms with E-state index >= 15 is 0 Å². The van der Waals surface area contributed by atoms with Gasteiger partial charge in [0.25, 0.3) is 5.56 Å². The van der Waals surface area contributed by atoms with E-state index in [0.717, 1.165) is 34.0 Å². The lowest BCUT2D eigenvalue weighted by molar-refractivity contribution is -0.144. The maximum atomic E-state index is 14.4. The van der Waals surface area contributed by atoms with Crippen molar-refractivity contribution in [2.75, 3.05) is 18.6 Å². The molecule has 0 N–H and O–H groups in total. The minimum atomic E-state index is -4.56. The van der Waals surface area contributed by atoms with Crippen LogP contribution in [-0.4, -0.2) is 24.2 Å². The highest BCUT2D eigenvalue weighted by atomic mass is 19.4. The van der Waals surface area contributed by atoms with E-state index in [9.17, 15) is 22.8 Å². The first-order valence-corrected chi connectivity index (χ1v) is 14.5. The van der Waals surface area contributed by atoms with Gasteiger partial charge >= 0.3 is 12.1 Å². The minimum absolute atomic E-state index is 0.143. The maximum absolute atomic E-state index is 14.4. The highest BCUT2D eigenvalue weighted by molar-refractivity contribution is 5.89. The number of halogens is 3. The third kappa shape index (κ3) is 5.25. The zero-order valence-corrected chi connectivity index (χ0v) is 24.4. The number of rotatable bonds is 7. The molecule has 44 heavy (non-hydrogen) atoms. The lowest BCUT2D eigenvalue weighted by Gasteiger charge is -2.26. The molecule has 1 aliphatic rings. The van der Waals surface area contributed by atoms with Crippen LogP contribution < -0.4 is 10.5 Å². The number of benzene rings is 4. The molecule has 8 heteroatoms. The van der Waals surface area contributed by atoms with Crippen LogP contribution in [0.15, 0.2) is 102 Å². The van der Waals surface area contributed by atoms with Gasteiger partial charge in [-0.15, -0.1) is 0 Å². The first-order chi connectivity index (χ1) is 21.2. The van der Waals surface area contributed by atoms with Crippen molar-refractivity contribution in [2.24, 2.45) is 0 Å². The van der Waals surface area contributed by atoms with E-state index in [1.165, 1.54) is 17.7 Å². The predicted molar refractivity (Wildman–Crippen MR) is 166 cm³/mol. The Morgan fingerprint density at radius 2 is 1.61 bits per heavy atom. The van der Waals surface area contributed by atoms with Crippen molar-refractivity contribution in [2.45, 2.75) is 38.5 Å². The lowest BCUT2D eigenvalue weighted by Crippen LogP contribution is -2.32. The van der Waals surface area contributed by atoms with Gasteiger partial charge in [-0.25, -0.2) is 4.79 Å². The third-order valence-corrected chi connectivity index (χ3v) is 8.37. The summed E-state index contributed by atoms with van der Waals surface area (Å²) in [4.78, 5) is 29.4. The van der Waals surface area contributed by atoms with E-state index in [-0.39, 0.29) is 12.1 Å². The lowest BCUT2D eigenvalue weighted by atomic mass is 9.88. The molecule has 0 spiro atoms. The molecule has 1 unspecified atom stereocenters. The Kier molecular flexibility index (Phi) is 7.76. The average Bonchev–Trinajstić information content (AvgIpc) is 3.40. The molecule has 0 fully saturated rings. The van der Waals surface area contributed by atoms with Crippen molar-refractivity contribution in [3.63, 3.8) is 0 Å². The number of carbonyl (C=O) groups is 1. The summed E-state index contributed by atoms with van der Waals surface area (Å²) < 4.78 is 48.7. The Hall–Kier alpha value is -4.85. The topological polar surface area (TPSA) is 51.5 Å². The van der Waals surface area contributed by atoms with Gasteiger partial charge in [-0.3, -0.25) is 9.36 Å². The molecular weight excluding hydrogens is 565 g/mol. The van der Waals surface area contributed by atoms with Gasteiger partial charge in [-0.2, -0.15) is 13.2 Å². The van der Waals surface area contributed by atoms with Crippen LogP contribution in [0.4, 0.5) is 19.0 Å². The number of anilines is 1. The van der Waals surface area contributed by atoms with Crippen LogP contribution in [0.3, 0.4) is 0 Å². The fourth-order valence-corrected chi connectivity index (χ4v) is 6.36. The highest BCUT2D eigenvalue weighted by Gasteiger charge is 2.40.